The standard InChI is InChI=1S/C21H27N5O2/c1-3-15(4-2)14-28-21(27)16(13-22)19-20(26-11-9-23-10-12-26)25-18-8-6-5-7-17(18)24-19/h5-8,15,23-24H,3-4,9-12,14H2,1-2H3/b19-16-. The lowest BCUT2D eigenvalue weighted by Crippen LogP contribution is -2.48. The quantitative estimate of drug-likeness (QED) is 0.463. The second kappa shape index (κ2) is 9.38. The summed E-state index contributed by atoms with van der Waals surface area (Å²) in [6.45, 7) is 7.63. The number of anilines is 1. The van der Waals surface area contributed by atoms with Crippen LogP contribution in [-0.4, -0.2) is 49.5 Å². The van der Waals surface area contributed by atoms with Crippen LogP contribution < -0.4 is 10.6 Å². The van der Waals surface area contributed by atoms with Gasteiger partial charge in [-0.15, -0.1) is 0 Å². The Morgan fingerprint density at radius 2 is 2.00 bits per heavy atom. The highest BCUT2D eigenvalue weighted by molar-refractivity contribution is 6.12. The Morgan fingerprint density at radius 1 is 1.29 bits per heavy atom. The van der Waals surface area contributed by atoms with Gasteiger partial charge in [0, 0.05) is 26.2 Å². The summed E-state index contributed by atoms with van der Waals surface area (Å²) in [5.74, 6) is 0.325. The molecule has 0 saturated carbocycles. The molecule has 0 aliphatic carbocycles. The molecule has 2 N–H and O–H groups in total. The topological polar surface area (TPSA) is 89.8 Å². The molecular formula is C21H27N5O2. The zero-order valence-corrected chi connectivity index (χ0v) is 16.5. The Hall–Kier alpha value is -2.85. The summed E-state index contributed by atoms with van der Waals surface area (Å²) < 4.78 is 5.47. The fraction of sp³-hybridized carbons (Fsp3) is 0.476. The number of rotatable bonds is 5. The number of nitrogens with zero attached hydrogens (tertiary/aromatic N) is 3. The lowest BCUT2D eigenvalue weighted by atomic mass is 10.1. The predicted molar refractivity (Wildman–Crippen MR) is 109 cm³/mol. The van der Waals surface area contributed by atoms with Crippen molar-refractivity contribution in [2.45, 2.75) is 26.7 Å². The molecule has 3 rings (SSSR count). The van der Waals surface area contributed by atoms with Crippen LogP contribution >= 0.6 is 0 Å². The van der Waals surface area contributed by atoms with E-state index in [0.717, 1.165) is 50.4 Å². The van der Waals surface area contributed by atoms with E-state index in [9.17, 15) is 10.1 Å². The number of nitrogens with one attached hydrogen (secondary N) is 2. The molecule has 0 aromatic heterocycles. The minimum Gasteiger partial charge on any atom is -0.461 e. The van der Waals surface area contributed by atoms with Gasteiger partial charge in [-0.3, -0.25) is 0 Å². The average molecular weight is 381 g/mol. The first-order valence-electron chi connectivity index (χ1n) is 9.90. The Morgan fingerprint density at radius 3 is 2.68 bits per heavy atom. The highest BCUT2D eigenvalue weighted by Crippen LogP contribution is 2.32. The van der Waals surface area contributed by atoms with Gasteiger partial charge in [0.1, 0.15) is 11.8 Å². The van der Waals surface area contributed by atoms with E-state index in [0.29, 0.717) is 24.1 Å². The third-order valence-corrected chi connectivity index (χ3v) is 5.20. The van der Waals surface area contributed by atoms with Crippen molar-refractivity contribution in [1.82, 2.24) is 10.2 Å². The van der Waals surface area contributed by atoms with E-state index < -0.39 is 5.97 Å². The van der Waals surface area contributed by atoms with E-state index in [1.54, 1.807) is 0 Å². The third kappa shape index (κ3) is 4.34. The number of piperazine rings is 1. The molecule has 0 radical (unpaired) electrons. The molecule has 2 aliphatic heterocycles. The maximum atomic E-state index is 12.7. The Balaban J connectivity index is 1.95. The SMILES string of the molecule is CCC(CC)COC(=O)/C(C#N)=C1\Nc2ccccc2N=C1N1CCNCC1. The number of fused-ring (bicyclic) bond motifs is 1. The van der Waals surface area contributed by atoms with Crippen LogP contribution in [0.25, 0.3) is 0 Å². The molecule has 0 atom stereocenters. The normalized spacial score (nSPS) is 17.9. The highest BCUT2D eigenvalue weighted by Gasteiger charge is 2.29. The molecule has 7 heteroatoms. The van der Waals surface area contributed by atoms with E-state index in [2.05, 4.69) is 35.5 Å². The Kier molecular flexibility index (Phi) is 6.66. The predicted octanol–water partition coefficient (Wildman–Crippen LogP) is 2.80. The summed E-state index contributed by atoms with van der Waals surface area (Å²) >= 11 is 0. The van der Waals surface area contributed by atoms with Crippen LogP contribution in [0.1, 0.15) is 26.7 Å². The maximum absolute atomic E-state index is 12.7. The van der Waals surface area contributed by atoms with Crippen molar-refractivity contribution < 1.29 is 9.53 Å². The molecule has 1 saturated heterocycles. The lowest BCUT2D eigenvalue weighted by Gasteiger charge is -2.34. The van der Waals surface area contributed by atoms with Crippen molar-refractivity contribution in [2.75, 3.05) is 38.1 Å². The summed E-state index contributed by atoms with van der Waals surface area (Å²) in [5.41, 5.74) is 1.97. The van der Waals surface area contributed by atoms with E-state index in [4.69, 9.17) is 9.73 Å². The summed E-state index contributed by atoms with van der Waals surface area (Å²) in [7, 11) is 0. The second-order valence-corrected chi connectivity index (χ2v) is 6.96. The Bertz CT molecular complexity index is 814. The molecule has 2 heterocycles. The first kappa shape index (κ1) is 19.9. The fourth-order valence-electron chi connectivity index (χ4n) is 3.31. The smallest absolute Gasteiger partial charge is 0.351 e. The molecule has 28 heavy (non-hydrogen) atoms. The van der Waals surface area contributed by atoms with Crippen LogP contribution in [0, 0.1) is 17.2 Å². The van der Waals surface area contributed by atoms with E-state index in [-0.39, 0.29) is 5.57 Å². The Labute approximate surface area is 166 Å². The number of nitriles is 1. The molecule has 0 amide bonds. The molecule has 1 fully saturated rings. The molecule has 0 bridgehead atoms. The van der Waals surface area contributed by atoms with Crippen molar-refractivity contribution in [3.63, 3.8) is 0 Å². The summed E-state index contributed by atoms with van der Waals surface area (Å²) in [5, 5.41) is 16.3. The van der Waals surface area contributed by atoms with Crippen LogP contribution in [0.3, 0.4) is 0 Å². The van der Waals surface area contributed by atoms with Crippen molar-refractivity contribution in [1.29, 1.82) is 5.26 Å². The number of ether oxygens (including phenoxy) is 1. The molecular weight excluding hydrogens is 354 g/mol. The van der Waals surface area contributed by atoms with E-state index in [1.165, 1.54) is 0 Å². The van der Waals surface area contributed by atoms with E-state index >= 15 is 0 Å². The van der Waals surface area contributed by atoms with Gasteiger partial charge in [0.25, 0.3) is 0 Å². The van der Waals surface area contributed by atoms with Crippen LogP contribution in [-0.2, 0) is 9.53 Å². The molecule has 1 aromatic rings. The zero-order valence-electron chi connectivity index (χ0n) is 16.5. The van der Waals surface area contributed by atoms with Crippen molar-refractivity contribution in [3.8, 4) is 6.07 Å². The molecule has 0 unspecified atom stereocenters. The summed E-state index contributed by atoms with van der Waals surface area (Å²) in [6.07, 6.45) is 1.86. The van der Waals surface area contributed by atoms with Gasteiger partial charge >= 0.3 is 5.97 Å². The summed E-state index contributed by atoms with van der Waals surface area (Å²) in [4.78, 5) is 19.6. The third-order valence-electron chi connectivity index (χ3n) is 5.20. The number of aliphatic imine (C=N–C) groups is 1. The van der Waals surface area contributed by atoms with Crippen molar-refractivity contribution in [3.05, 3.63) is 35.5 Å². The van der Waals surface area contributed by atoms with E-state index in [1.807, 2.05) is 24.3 Å². The molecule has 1 aromatic carbocycles. The van der Waals surface area contributed by atoms with Crippen molar-refractivity contribution in [2.24, 2.45) is 10.9 Å². The van der Waals surface area contributed by atoms with Gasteiger partial charge in [0.05, 0.1) is 18.0 Å². The number of hydrogen-bond acceptors (Lipinski definition) is 7. The number of carbonyl (C=O) groups is 1. The van der Waals surface area contributed by atoms with Gasteiger partial charge in [-0.05, 0) is 18.1 Å². The average Bonchev–Trinajstić information content (AvgIpc) is 2.75. The number of carbonyl (C=O) groups excluding carboxylic acids is 1. The first-order valence-corrected chi connectivity index (χ1v) is 9.90. The molecule has 0 spiro atoms. The number of para-hydroxylation sites is 2. The van der Waals surface area contributed by atoms with Gasteiger partial charge in [-0.2, -0.15) is 5.26 Å². The molecule has 2 aliphatic rings. The number of benzene rings is 1. The maximum Gasteiger partial charge on any atom is 0.351 e. The summed E-state index contributed by atoms with van der Waals surface area (Å²) in [6, 6.07) is 9.67. The highest BCUT2D eigenvalue weighted by atomic mass is 16.5. The molecule has 148 valence electrons. The number of hydrogen-bond donors (Lipinski definition) is 2. The number of esters is 1. The van der Waals surface area contributed by atoms with Gasteiger partial charge in [0.2, 0.25) is 0 Å². The van der Waals surface area contributed by atoms with Gasteiger partial charge < -0.3 is 20.3 Å². The van der Waals surface area contributed by atoms with Crippen LogP contribution in [0.15, 0.2) is 40.5 Å². The largest absolute Gasteiger partial charge is 0.461 e. The number of amidine groups is 1. The first-order chi connectivity index (χ1) is 13.7. The van der Waals surface area contributed by atoms with Crippen LogP contribution in [0.4, 0.5) is 11.4 Å². The zero-order chi connectivity index (χ0) is 19.9. The fourth-order valence-corrected chi connectivity index (χ4v) is 3.31. The monoisotopic (exact) mass is 381 g/mol. The van der Waals surface area contributed by atoms with Gasteiger partial charge in [0.15, 0.2) is 11.4 Å². The minimum absolute atomic E-state index is 0.0299. The lowest BCUT2D eigenvalue weighted by molar-refractivity contribution is -0.140. The second-order valence-electron chi connectivity index (χ2n) is 6.96. The van der Waals surface area contributed by atoms with Crippen LogP contribution in [0.5, 0.6) is 0 Å². The minimum atomic E-state index is -0.598. The van der Waals surface area contributed by atoms with Crippen molar-refractivity contribution >= 4 is 23.2 Å². The molecule has 7 nitrogen and oxygen atoms in total. The van der Waals surface area contributed by atoms with Gasteiger partial charge in [-0.25, -0.2) is 9.79 Å². The van der Waals surface area contributed by atoms with Crippen LogP contribution in [0.2, 0.25) is 0 Å². The van der Waals surface area contributed by atoms with Gasteiger partial charge in [-0.1, -0.05) is 38.8 Å².